The molecule has 1 aliphatic rings. The van der Waals surface area contributed by atoms with Crippen molar-refractivity contribution in [1.29, 1.82) is 0 Å². The van der Waals surface area contributed by atoms with Crippen molar-refractivity contribution in [3.63, 3.8) is 0 Å². The van der Waals surface area contributed by atoms with Gasteiger partial charge in [-0.2, -0.15) is 0 Å². The van der Waals surface area contributed by atoms with E-state index >= 15 is 0 Å². The molecule has 0 bridgehead atoms. The first-order valence-corrected chi connectivity index (χ1v) is 7.08. The summed E-state index contributed by atoms with van der Waals surface area (Å²) in [4.78, 5) is 2.27. The predicted octanol–water partition coefficient (Wildman–Crippen LogP) is 2.81. The highest BCUT2D eigenvalue weighted by atomic mass is 16.5. The van der Waals surface area contributed by atoms with Gasteiger partial charge in [-0.05, 0) is 19.4 Å². The van der Waals surface area contributed by atoms with Gasteiger partial charge in [0.1, 0.15) is 5.69 Å². The van der Waals surface area contributed by atoms with Crippen molar-refractivity contribution in [2.75, 3.05) is 26.8 Å². The normalized spacial score (nSPS) is 18.8. The van der Waals surface area contributed by atoms with Gasteiger partial charge in [0, 0.05) is 24.8 Å². The number of benzene rings is 1. The lowest BCUT2D eigenvalue weighted by Crippen LogP contribution is -2.25. The first-order valence-electron chi connectivity index (χ1n) is 7.08. The van der Waals surface area contributed by atoms with Crippen molar-refractivity contribution in [3.8, 4) is 11.3 Å². The summed E-state index contributed by atoms with van der Waals surface area (Å²) in [5, 5.41) is 4.14. The molecule has 4 heteroatoms. The zero-order valence-electron chi connectivity index (χ0n) is 11.8. The lowest BCUT2D eigenvalue weighted by atomic mass is 10.1. The van der Waals surface area contributed by atoms with Crippen molar-refractivity contribution in [2.45, 2.75) is 13.0 Å². The Kier molecular flexibility index (Phi) is 4.14. The van der Waals surface area contributed by atoms with Crippen molar-refractivity contribution < 1.29 is 9.26 Å². The van der Waals surface area contributed by atoms with Crippen LogP contribution < -0.4 is 0 Å². The number of aromatic nitrogens is 1. The second-order valence-corrected chi connectivity index (χ2v) is 5.47. The molecule has 106 valence electrons. The largest absolute Gasteiger partial charge is 0.381 e. The summed E-state index contributed by atoms with van der Waals surface area (Å²) >= 11 is 0. The highest BCUT2D eigenvalue weighted by Crippen LogP contribution is 2.20. The van der Waals surface area contributed by atoms with Crippen molar-refractivity contribution >= 4 is 0 Å². The van der Waals surface area contributed by atoms with E-state index in [1.165, 1.54) is 0 Å². The van der Waals surface area contributed by atoms with Crippen LogP contribution in [0.25, 0.3) is 11.3 Å². The molecule has 0 spiro atoms. The molecule has 1 aliphatic heterocycles. The highest BCUT2D eigenvalue weighted by molar-refractivity contribution is 5.58. The van der Waals surface area contributed by atoms with Gasteiger partial charge in [-0.15, -0.1) is 0 Å². The molecule has 1 aromatic carbocycles. The van der Waals surface area contributed by atoms with Crippen LogP contribution in [-0.4, -0.2) is 36.9 Å². The Bertz CT molecular complexity index is 532. The zero-order valence-corrected chi connectivity index (χ0v) is 11.8. The molecule has 4 nitrogen and oxygen atoms in total. The zero-order chi connectivity index (χ0) is 13.8. The fraction of sp³-hybridized carbons (Fsp3) is 0.438. The molecule has 0 N–H and O–H groups in total. The van der Waals surface area contributed by atoms with Gasteiger partial charge in [0.2, 0.25) is 0 Å². The molecule has 0 unspecified atom stereocenters. The van der Waals surface area contributed by atoms with E-state index in [0.29, 0.717) is 5.92 Å². The van der Waals surface area contributed by atoms with E-state index in [0.717, 1.165) is 49.7 Å². The van der Waals surface area contributed by atoms with Crippen LogP contribution in [-0.2, 0) is 11.3 Å². The second-order valence-electron chi connectivity index (χ2n) is 5.47. The van der Waals surface area contributed by atoms with Gasteiger partial charge in [0.05, 0.1) is 13.2 Å². The Labute approximate surface area is 119 Å². The van der Waals surface area contributed by atoms with Gasteiger partial charge in [-0.3, -0.25) is 4.90 Å². The van der Waals surface area contributed by atoms with Crippen LogP contribution in [0.15, 0.2) is 40.9 Å². The molecule has 2 aromatic rings. The average Bonchev–Trinajstić information content (AvgIpc) is 3.11. The maximum Gasteiger partial charge on any atom is 0.151 e. The number of hydrogen-bond acceptors (Lipinski definition) is 4. The maximum absolute atomic E-state index is 5.43. The first-order chi connectivity index (χ1) is 9.81. The quantitative estimate of drug-likeness (QED) is 0.839. The van der Waals surface area contributed by atoms with E-state index in [1.54, 1.807) is 0 Å². The molecule has 1 fully saturated rings. The van der Waals surface area contributed by atoms with Crippen molar-refractivity contribution in [3.05, 3.63) is 42.2 Å². The third kappa shape index (κ3) is 3.26. The minimum atomic E-state index is 0.650. The molecular formula is C16H20N2O2. The summed E-state index contributed by atoms with van der Waals surface area (Å²) in [6.07, 6.45) is 1.16. The van der Waals surface area contributed by atoms with Crippen molar-refractivity contribution in [2.24, 2.45) is 5.92 Å². The van der Waals surface area contributed by atoms with Crippen molar-refractivity contribution in [1.82, 2.24) is 10.1 Å². The maximum atomic E-state index is 5.43. The Morgan fingerprint density at radius 3 is 2.90 bits per heavy atom. The molecule has 1 atom stereocenters. The van der Waals surface area contributed by atoms with E-state index in [2.05, 4.69) is 17.1 Å². The Balaban J connectivity index is 1.59. The summed E-state index contributed by atoms with van der Waals surface area (Å²) in [5.41, 5.74) is 1.99. The molecule has 1 aromatic heterocycles. The monoisotopic (exact) mass is 272 g/mol. The summed E-state index contributed by atoms with van der Waals surface area (Å²) in [5.74, 6) is 1.56. The topological polar surface area (TPSA) is 38.5 Å². The lowest BCUT2D eigenvalue weighted by Gasteiger charge is -2.18. The second kappa shape index (κ2) is 6.20. The Morgan fingerprint density at radius 2 is 2.15 bits per heavy atom. The fourth-order valence-electron chi connectivity index (χ4n) is 2.63. The molecule has 20 heavy (non-hydrogen) atoms. The van der Waals surface area contributed by atoms with E-state index in [1.807, 2.05) is 36.4 Å². The van der Waals surface area contributed by atoms with E-state index in [-0.39, 0.29) is 0 Å². The smallest absolute Gasteiger partial charge is 0.151 e. The molecule has 2 heterocycles. The fourth-order valence-corrected chi connectivity index (χ4v) is 2.63. The summed E-state index contributed by atoms with van der Waals surface area (Å²) in [6.45, 7) is 3.62. The van der Waals surface area contributed by atoms with Crippen LogP contribution in [0.1, 0.15) is 12.2 Å². The molecule has 0 amide bonds. The van der Waals surface area contributed by atoms with E-state index in [9.17, 15) is 0 Å². The predicted molar refractivity (Wildman–Crippen MR) is 77.2 cm³/mol. The van der Waals surface area contributed by atoms with Crippen LogP contribution >= 0.6 is 0 Å². The van der Waals surface area contributed by atoms with Crippen LogP contribution in [0.3, 0.4) is 0 Å². The molecule has 0 radical (unpaired) electrons. The van der Waals surface area contributed by atoms with E-state index in [4.69, 9.17) is 9.26 Å². The molecular weight excluding hydrogens is 252 g/mol. The van der Waals surface area contributed by atoms with Gasteiger partial charge in [-0.25, -0.2) is 0 Å². The van der Waals surface area contributed by atoms with Gasteiger partial charge >= 0.3 is 0 Å². The van der Waals surface area contributed by atoms with E-state index < -0.39 is 0 Å². The third-order valence-corrected chi connectivity index (χ3v) is 3.65. The number of ether oxygens (including phenoxy) is 1. The number of hydrogen-bond donors (Lipinski definition) is 0. The summed E-state index contributed by atoms with van der Waals surface area (Å²) < 4.78 is 10.8. The molecule has 1 saturated heterocycles. The molecule has 3 rings (SSSR count). The Morgan fingerprint density at radius 1 is 1.30 bits per heavy atom. The van der Waals surface area contributed by atoms with Gasteiger partial charge < -0.3 is 9.26 Å². The summed E-state index contributed by atoms with van der Waals surface area (Å²) in [6, 6.07) is 12.1. The minimum absolute atomic E-state index is 0.650. The SMILES string of the molecule is CN(Cc1cc(-c2ccccc2)no1)C[C@@H]1CCOC1. The minimum Gasteiger partial charge on any atom is -0.381 e. The highest BCUT2D eigenvalue weighted by Gasteiger charge is 2.18. The Hall–Kier alpha value is -1.65. The first kappa shape index (κ1) is 13.3. The van der Waals surface area contributed by atoms with Crippen LogP contribution in [0, 0.1) is 5.92 Å². The van der Waals surface area contributed by atoms with Gasteiger partial charge in [-0.1, -0.05) is 35.5 Å². The van der Waals surface area contributed by atoms with Crippen LogP contribution in [0.2, 0.25) is 0 Å². The van der Waals surface area contributed by atoms with Crippen LogP contribution in [0.5, 0.6) is 0 Å². The average molecular weight is 272 g/mol. The van der Waals surface area contributed by atoms with Gasteiger partial charge in [0.25, 0.3) is 0 Å². The lowest BCUT2D eigenvalue weighted by molar-refractivity contribution is 0.169. The standard InChI is InChI=1S/C16H20N2O2/c1-18(10-13-7-8-19-12-13)11-15-9-16(17-20-15)14-5-3-2-4-6-14/h2-6,9,13H,7-8,10-12H2,1H3/t13-/m0/s1. The molecule has 0 saturated carbocycles. The summed E-state index contributed by atoms with van der Waals surface area (Å²) in [7, 11) is 2.11. The van der Waals surface area contributed by atoms with Gasteiger partial charge in [0.15, 0.2) is 5.76 Å². The number of nitrogens with zero attached hydrogens (tertiary/aromatic N) is 2. The van der Waals surface area contributed by atoms with Crippen LogP contribution in [0.4, 0.5) is 0 Å². The third-order valence-electron chi connectivity index (χ3n) is 3.65. The number of rotatable bonds is 5. The molecule has 0 aliphatic carbocycles.